The summed E-state index contributed by atoms with van der Waals surface area (Å²) in [6.07, 6.45) is 4.24. The van der Waals surface area contributed by atoms with Crippen molar-refractivity contribution in [2.24, 2.45) is 10.4 Å². The maximum absolute atomic E-state index is 5.61. The van der Waals surface area contributed by atoms with Crippen LogP contribution in [0.15, 0.2) is 23.3 Å². The predicted octanol–water partition coefficient (Wildman–Crippen LogP) is 1.95. The average molecular weight is 445 g/mol. The number of halogens is 1. The molecule has 2 fully saturated rings. The van der Waals surface area contributed by atoms with Gasteiger partial charge in [-0.3, -0.25) is 4.99 Å². The molecule has 24 heavy (non-hydrogen) atoms. The topological polar surface area (TPSA) is 53.0 Å². The van der Waals surface area contributed by atoms with E-state index in [1.807, 2.05) is 38.3 Å². The highest BCUT2D eigenvalue weighted by molar-refractivity contribution is 14.0. The molecule has 1 aromatic heterocycles. The Bertz CT molecular complexity index is 572. The lowest BCUT2D eigenvalue weighted by Crippen LogP contribution is -2.41. The summed E-state index contributed by atoms with van der Waals surface area (Å²) in [5.41, 5.74) is 1.56. The van der Waals surface area contributed by atoms with Gasteiger partial charge < -0.3 is 19.9 Å². The highest BCUT2D eigenvalue weighted by Crippen LogP contribution is 2.38. The van der Waals surface area contributed by atoms with Crippen LogP contribution in [-0.4, -0.2) is 63.3 Å². The van der Waals surface area contributed by atoms with Gasteiger partial charge in [0, 0.05) is 59.0 Å². The molecule has 2 aliphatic heterocycles. The van der Waals surface area contributed by atoms with Crippen molar-refractivity contribution in [3.63, 3.8) is 0 Å². The lowest BCUT2D eigenvalue weighted by molar-refractivity contribution is 0.156. The van der Waals surface area contributed by atoms with E-state index in [0.29, 0.717) is 5.41 Å². The molecule has 2 saturated heterocycles. The van der Waals surface area contributed by atoms with Crippen LogP contribution in [0.1, 0.15) is 18.4 Å². The van der Waals surface area contributed by atoms with Crippen molar-refractivity contribution in [3.05, 3.63) is 23.9 Å². The maximum Gasteiger partial charge on any atom is 0.193 e. The van der Waals surface area contributed by atoms with Crippen molar-refractivity contribution in [2.75, 3.05) is 52.3 Å². The van der Waals surface area contributed by atoms with Crippen molar-refractivity contribution in [2.45, 2.75) is 19.4 Å². The van der Waals surface area contributed by atoms with E-state index in [9.17, 15) is 0 Å². The molecule has 1 N–H and O–H groups in total. The first-order chi connectivity index (χ1) is 11.1. The van der Waals surface area contributed by atoms with Crippen LogP contribution >= 0.6 is 24.0 Å². The Balaban J connectivity index is 0.00000208. The Labute approximate surface area is 161 Å². The molecular weight excluding hydrogens is 417 g/mol. The highest BCUT2D eigenvalue weighted by atomic mass is 127. The Morgan fingerprint density at radius 2 is 2.29 bits per heavy atom. The van der Waals surface area contributed by atoms with E-state index in [-0.39, 0.29) is 24.0 Å². The summed E-state index contributed by atoms with van der Waals surface area (Å²) in [5.74, 6) is 1.96. The number of likely N-dealkylation sites (tertiary alicyclic amines) is 1. The number of hydrogen-bond donors (Lipinski definition) is 1. The van der Waals surface area contributed by atoms with E-state index in [1.54, 1.807) is 0 Å². The Hall–Kier alpha value is -1.09. The van der Waals surface area contributed by atoms with Gasteiger partial charge >= 0.3 is 0 Å². The molecule has 3 rings (SSSR count). The number of pyridine rings is 1. The number of ether oxygens (including phenoxy) is 1. The van der Waals surface area contributed by atoms with Gasteiger partial charge in [-0.05, 0) is 30.5 Å². The second-order valence-corrected chi connectivity index (χ2v) is 6.79. The third-order valence-electron chi connectivity index (χ3n) is 4.85. The molecule has 0 aliphatic carbocycles. The van der Waals surface area contributed by atoms with Gasteiger partial charge in [0.2, 0.25) is 0 Å². The van der Waals surface area contributed by atoms with Crippen LogP contribution in [-0.2, 0) is 11.3 Å². The number of aromatic nitrogens is 1. The van der Waals surface area contributed by atoms with Crippen LogP contribution in [0, 0.1) is 5.41 Å². The molecule has 0 radical (unpaired) electrons. The number of rotatable bonds is 3. The first-order valence-corrected chi connectivity index (χ1v) is 8.27. The van der Waals surface area contributed by atoms with Gasteiger partial charge in [-0.15, -0.1) is 24.0 Å². The summed E-state index contributed by atoms with van der Waals surface area (Å²) in [6, 6.07) is 4.15. The zero-order valence-corrected chi connectivity index (χ0v) is 17.1. The molecule has 0 bridgehead atoms. The number of nitrogens with zero attached hydrogens (tertiary/aromatic N) is 4. The van der Waals surface area contributed by atoms with Gasteiger partial charge in [0.25, 0.3) is 0 Å². The summed E-state index contributed by atoms with van der Waals surface area (Å²) >= 11 is 0. The zero-order valence-electron chi connectivity index (χ0n) is 14.8. The summed E-state index contributed by atoms with van der Waals surface area (Å²) in [6.45, 7) is 4.67. The monoisotopic (exact) mass is 445 g/mol. The van der Waals surface area contributed by atoms with E-state index >= 15 is 0 Å². The summed E-state index contributed by atoms with van der Waals surface area (Å²) in [4.78, 5) is 13.2. The molecule has 134 valence electrons. The van der Waals surface area contributed by atoms with E-state index in [2.05, 4.69) is 26.3 Å². The molecule has 1 spiro atoms. The highest BCUT2D eigenvalue weighted by Gasteiger charge is 2.42. The predicted molar refractivity (Wildman–Crippen MR) is 108 cm³/mol. The van der Waals surface area contributed by atoms with Crippen LogP contribution in [0.3, 0.4) is 0 Å². The fraction of sp³-hybridized carbons (Fsp3) is 0.647. The van der Waals surface area contributed by atoms with Crippen molar-refractivity contribution < 1.29 is 4.74 Å². The van der Waals surface area contributed by atoms with E-state index in [0.717, 1.165) is 44.6 Å². The molecule has 1 aromatic rings. The molecule has 0 saturated carbocycles. The zero-order chi connectivity index (χ0) is 16.3. The molecule has 2 aliphatic rings. The van der Waals surface area contributed by atoms with Gasteiger partial charge in [-0.1, -0.05) is 0 Å². The fourth-order valence-electron chi connectivity index (χ4n) is 3.42. The SMILES string of the molecule is CN=C(NCc1ccnc(N(C)C)c1)N1CCC2(CCOC2)C1.I. The molecule has 6 nitrogen and oxygen atoms in total. The van der Waals surface area contributed by atoms with E-state index in [1.165, 1.54) is 18.4 Å². The molecule has 7 heteroatoms. The van der Waals surface area contributed by atoms with E-state index < -0.39 is 0 Å². The molecule has 0 amide bonds. The number of aliphatic imine (C=N–C) groups is 1. The largest absolute Gasteiger partial charge is 0.381 e. The number of guanidine groups is 1. The molecule has 3 heterocycles. The summed E-state index contributed by atoms with van der Waals surface area (Å²) in [7, 11) is 5.87. The molecule has 0 aromatic carbocycles. The fourth-order valence-corrected chi connectivity index (χ4v) is 3.42. The third-order valence-corrected chi connectivity index (χ3v) is 4.85. The van der Waals surface area contributed by atoms with Crippen molar-refractivity contribution in [1.82, 2.24) is 15.2 Å². The Morgan fingerprint density at radius 1 is 1.46 bits per heavy atom. The second kappa shape index (κ2) is 8.33. The van der Waals surface area contributed by atoms with Crippen LogP contribution in [0.25, 0.3) is 0 Å². The normalized spacial score (nSPS) is 23.5. The van der Waals surface area contributed by atoms with E-state index in [4.69, 9.17) is 4.74 Å². The van der Waals surface area contributed by atoms with Gasteiger partial charge in [0.15, 0.2) is 5.96 Å². The first-order valence-electron chi connectivity index (χ1n) is 8.27. The van der Waals surface area contributed by atoms with Crippen LogP contribution < -0.4 is 10.2 Å². The maximum atomic E-state index is 5.61. The van der Waals surface area contributed by atoms with Gasteiger partial charge in [-0.25, -0.2) is 4.98 Å². The van der Waals surface area contributed by atoms with Crippen molar-refractivity contribution in [3.8, 4) is 0 Å². The smallest absolute Gasteiger partial charge is 0.193 e. The van der Waals surface area contributed by atoms with Gasteiger partial charge in [-0.2, -0.15) is 0 Å². The van der Waals surface area contributed by atoms with Crippen LogP contribution in [0.2, 0.25) is 0 Å². The molecule has 1 unspecified atom stereocenters. The Morgan fingerprint density at radius 3 is 2.96 bits per heavy atom. The molecular formula is C17H28IN5O. The lowest BCUT2D eigenvalue weighted by Gasteiger charge is -2.25. The summed E-state index contributed by atoms with van der Waals surface area (Å²) in [5, 5.41) is 3.49. The van der Waals surface area contributed by atoms with Crippen molar-refractivity contribution in [1.29, 1.82) is 0 Å². The van der Waals surface area contributed by atoms with Gasteiger partial charge in [0.1, 0.15) is 5.82 Å². The third kappa shape index (κ3) is 4.30. The minimum Gasteiger partial charge on any atom is -0.381 e. The van der Waals surface area contributed by atoms with Crippen LogP contribution in [0.5, 0.6) is 0 Å². The summed E-state index contributed by atoms with van der Waals surface area (Å²) < 4.78 is 5.61. The lowest BCUT2D eigenvalue weighted by atomic mass is 9.87. The van der Waals surface area contributed by atoms with Crippen LogP contribution in [0.4, 0.5) is 5.82 Å². The Kier molecular flexibility index (Phi) is 6.68. The number of hydrogen-bond acceptors (Lipinski definition) is 4. The first kappa shape index (κ1) is 19.2. The standard InChI is InChI=1S/C17H27N5O.HI/c1-18-16(22-8-5-17(12-22)6-9-23-13-17)20-11-14-4-7-19-15(10-14)21(2)3;/h4,7,10H,5-6,8-9,11-13H2,1-3H3,(H,18,20);1H. The van der Waals surface area contributed by atoms with Gasteiger partial charge in [0.05, 0.1) is 6.61 Å². The minimum atomic E-state index is 0. The average Bonchev–Trinajstić information content (AvgIpc) is 3.19. The van der Waals surface area contributed by atoms with Crippen molar-refractivity contribution >= 4 is 35.8 Å². The minimum absolute atomic E-state index is 0. The number of nitrogens with one attached hydrogen (secondary N) is 1. The quantitative estimate of drug-likeness (QED) is 0.438. The number of anilines is 1. The molecule has 1 atom stereocenters. The second-order valence-electron chi connectivity index (χ2n) is 6.79.